The summed E-state index contributed by atoms with van der Waals surface area (Å²) in [5.74, 6) is -0.0110. The highest BCUT2D eigenvalue weighted by atomic mass is 35.5. The van der Waals surface area contributed by atoms with E-state index < -0.39 is 5.97 Å². The number of nitrogens with one attached hydrogen (secondary N) is 1. The number of pyridine rings is 1. The zero-order chi connectivity index (χ0) is 12.5. The summed E-state index contributed by atoms with van der Waals surface area (Å²) in [4.78, 5) is 14.4. The summed E-state index contributed by atoms with van der Waals surface area (Å²) in [6.07, 6.45) is 5.67. The van der Waals surface area contributed by atoms with Crippen LogP contribution in [0, 0.1) is 0 Å². The minimum atomic E-state index is -0.719. The first kappa shape index (κ1) is 13.8. The van der Waals surface area contributed by atoms with Gasteiger partial charge in [-0.15, -0.1) is 0 Å². The van der Waals surface area contributed by atoms with Gasteiger partial charge in [-0.3, -0.25) is 4.79 Å². The molecule has 0 fully saturated rings. The molecule has 0 aliphatic heterocycles. The maximum Gasteiger partial charge on any atom is 0.303 e. The van der Waals surface area contributed by atoms with Gasteiger partial charge in [0.15, 0.2) is 0 Å². The summed E-state index contributed by atoms with van der Waals surface area (Å²) in [5.41, 5.74) is 0. The number of rotatable bonds is 8. The summed E-state index contributed by atoms with van der Waals surface area (Å²) in [6.45, 7) is 0.809. The Kier molecular flexibility index (Phi) is 6.40. The molecule has 0 aliphatic rings. The van der Waals surface area contributed by atoms with E-state index in [2.05, 4.69) is 10.3 Å². The number of unbranched alkanes of at least 4 members (excludes halogenated alkanes) is 3. The molecule has 0 saturated heterocycles. The molecule has 0 amide bonds. The van der Waals surface area contributed by atoms with E-state index in [0.717, 1.165) is 32.2 Å². The van der Waals surface area contributed by atoms with Crippen molar-refractivity contribution in [3.8, 4) is 0 Å². The largest absolute Gasteiger partial charge is 0.481 e. The molecule has 1 aromatic heterocycles. The van der Waals surface area contributed by atoms with E-state index in [1.165, 1.54) is 0 Å². The summed E-state index contributed by atoms with van der Waals surface area (Å²) in [5, 5.41) is 12.2. The molecule has 94 valence electrons. The van der Waals surface area contributed by atoms with Gasteiger partial charge >= 0.3 is 5.97 Å². The predicted octanol–water partition coefficient (Wildman–Crippen LogP) is 3.18. The average molecular weight is 257 g/mol. The second kappa shape index (κ2) is 7.90. The molecule has 0 radical (unpaired) electrons. The number of aromatic nitrogens is 1. The zero-order valence-corrected chi connectivity index (χ0v) is 10.4. The van der Waals surface area contributed by atoms with Gasteiger partial charge in [0.2, 0.25) is 0 Å². The van der Waals surface area contributed by atoms with Crippen molar-refractivity contribution in [1.29, 1.82) is 0 Å². The van der Waals surface area contributed by atoms with Crippen LogP contribution >= 0.6 is 11.6 Å². The van der Waals surface area contributed by atoms with E-state index in [4.69, 9.17) is 16.7 Å². The van der Waals surface area contributed by atoms with Gasteiger partial charge in [-0.25, -0.2) is 4.98 Å². The molecule has 0 bridgehead atoms. The summed E-state index contributed by atoms with van der Waals surface area (Å²) >= 11 is 5.93. The van der Waals surface area contributed by atoms with Gasteiger partial charge in [0, 0.05) is 19.2 Å². The number of carboxylic acid groups (broad SMARTS) is 1. The average Bonchev–Trinajstić information content (AvgIpc) is 2.30. The van der Waals surface area contributed by atoms with Crippen molar-refractivity contribution >= 4 is 23.4 Å². The smallest absolute Gasteiger partial charge is 0.303 e. The molecule has 2 N–H and O–H groups in total. The van der Waals surface area contributed by atoms with Gasteiger partial charge < -0.3 is 10.4 Å². The molecule has 0 unspecified atom stereocenters. The molecule has 1 aromatic rings. The van der Waals surface area contributed by atoms with Crippen LogP contribution in [-0.4, -0.2) is 22.6 Å². The van der Waals surface area contributed by atoms with E-state index in [1.807, 2.05) is 0 Å². The Morgan fingerprint density at radius 3 is 2.82 bits per heavy atom. The van der Waals surface area contributed by atoms with Crippen LogP contribution in [0.4, 0.5) is 5.82 Å². The molecule has 0 aromatic carbocycles. The standard InChI is InChI=1S/C12H17ClN2O2/c13-10-6-5-9-15-12(10)14-8-4-2-1-3-7-11(16)17/h5-6,9H,1-4,7-8H2,(H,14,15)(H,16,17). The van der Waals surface area contributed by atoms with E-state index in [0.29, 0.717) is 10.8 Å². The van der Waals surface area contributed by atoms with Crippen LogP contribution in [0.5, 0.6) is 0 Å². The second-order valence-electron chi connectivity index (χ2n) is 3.82. The number of aliphatic carboxylic acids is 1. The third-order valence-corrected chi connectivity index (χ3v) is 2.67. The van der Waals surface area contributed by atoms with Crippen LogP contribution in [0.15, 0.2) is 18.3 Å². The van der Waals surface area contributed by atoms with Crippen molar-refractivity contribution in [2.24, 2.45) is 0 Å². The van der Waals surface area contributed by atoms with Crippen molar-refractivity contribution in [3.05, 3.63) is 23.4 Å². The molecular formula is C12H17ClN2O2. The van der Waals surface area contributed by atoms with Gasteiger partial charge in [-0.1, -0.05) is 24.4 Å². The van der Waals surface area contributed by atoms with E-state index in [1.54, 1.807) is 18.3 Å². The molecule has 5 heteroatoms. The number of carbonyl (C=O) groups is 1. The van der Waals surface area contributed by atoms with Gasteiger partial charge in [-0.05, 0) is 25.0 Å². The van der Waals surface area contributed by atoms with Crippen molar-refractivity contribution in [3.63, 3.8) is 0 Å². The Morgan fingerprint density at radius 1 is 1.35 bits per heavy atom. The van der Waals surface area contributed by atoms with Gasteiger partial charge in [-0.2, -0.15) is 0 Å². The predicted molar refractivity (Wildman–Crippen MR) is 68.5 cm³/mol. The van der Waals surface area contributed by atoms with Crippen LogP contribution in [0.2, 0.25) is 5.02 Å². The molecule has 1 rings (SSSR count). The first-order valence-electron chi connectivity index (χ1n) is 5.76. The molecule has 0 saturated carbocycles. The van der Waals surface area contributed by atoms with Crippen LogP contribution in [0.1, 0.15) is 32.1 Å². The quantitative estimate of drug-likeness (QED) is 0.702. The Labute approximate surface area is 106 Å². The Balaban J connectivity index is 2.05. The number of halogens is 1. The van der Waals surface area contributed by atoms with E-state index in [9.17, 15) is 4.79 Å². The number of hydrogen-bond acceptors (Lipinski definition) is 3. The highest BCUT2D eigenvalue weighted by Crippen LogP contribution is 2.17. The fourth-order valence-corrected chi connectivity index (χ4v) is 1.67. The molecule has 0 atom stereocenters. The normalized spacial score (nSPS) is 10.2. The molecule has 0 aliphatic carbocycles. The van der Waals surface area contributed by atoms with E-state index >= 15 is 0 Å². The Morgan fingerprint density at radius 2 is 2.12 bits per heavy atom. The van der Waals surface area contributed by atoms with Crippen molar-refractivity contribution in [2.45, 2.75) is 32.1 Å². The fraction of sp³-hybridized carbons (Fsp3) is 0.500. The lowest BCUT2D eigenvalue weighted by Crippen LogP contribution is -2.03. The molecule has 17 heavy (non-hydrogen) atoms. The minimum absolute atomic E-state index is 0.263. The number of carboxylic acids is 1. The summed E-state index contributed by atoms with van der Waals surface area (Å²) in [7, 11) is 0. The van der Waals surface area contributed by atoms with Gasteiger partial charge in [0.25, 0.3) is 0 Å². The van der Waals surface area contributed by atoms with Gasteiger partial charge in [0.05, 0.1) is 5.02 Å². The number of hydrogen-bond donors (Lipinski definition) is 2. The van der Waals surface area contributed by atoms with Crippen LogP contribution in [0.25, 0.3) is 0 Å². The van der Waals surface area contributed by atoms with Crippen molar-refractivity contribution < 1.29 is 9.90 Å². The third kappa shape index (κ3) is 6.12. The van der Waals surface area contributed by atoms with Crippen molar-refractivity contribution in [2.75, 3.05) is 11.9 Å². The molecule has 1 heterocycles. The zero-order valence-electron chi connectivity index (χ0n) is 9.66. The highest BCUT2D eigenvalue weighted by molar-refractivity contribution is 6.32. The summed E-state index contributed by atoms with van der Waals surface area (Å²) in [6, 6.07) is 3.59. The maximum absolute atomic E-state index is 10.3. The van der Waals surface area contributed by atoms with Gasteiger partial charge in [0.1, 0.15) is 5.82 Å². The van der Waals surface area contributed by atoms with E-state index in [-0.39, 0.29) is 6.42 Å². The lowest BCUT2D eigenvalue weighted by atomic mass is 10.1. The number of nitrogens with zero attached hydrogens (tertiary/aromatic N) is 1. The molecule has 0 spiro atoms. The first-order valence-corrected chi connectivity index (χ1v) is 6.14. The topological polar surface area (TPSA) is 62.2 Å². The van der Waals surface area contributed by atoms with Crippen LogP contribution in [0.3, 0.4) is 0 Å². The fourth-order valence-electron chi connectivity index (χ4n) is 1.48. The SMILES string of the molecule is O=C(O)CCCCCCNc1ncccc1Cl. The molecule has 4 nitrogen and oxygen atoms in total. The first-order chi connectivity index (χ1) is 8.20. The maximum atomic E-state index is 10.3. The highest BCUT2D eigenvalue weighted by Gasteiger charge is 1.99. The lowest BCUT2D eigenvalue weighted by molar-refractivity contribution is -0.137. The minimum Gasteiger partial charge on any atom is -0.481 e. The Bertz CT molecular complexity index is 358. The second-order valence-corrected chi connectivity index (χ2v) is 4.23. The molecular weight excluding hydrogens is 240 g/mol. The van der Waals surface area contributed by atoms with Crippen LogP contribution < -0.4 is 5.32 Å². The monoisotopic (exact) mass is 256 g/mol. The number of anilines is 1. The lowest BCUT2D eigenvalue weighted by Gasteiger charge is -2.06. The van der Waals surface area contributed by atoms with Crippen LogP contribution in [-0.2, 0) is 4.79 Å². The summed E-state index contributed by atoms with van der Waals surface area (Å²) < 4.78 is 0. The van der Waals surface area contributed by atoms with Crippen molar-refractivity contribution in [1.82, 2.24) is 4.98 Å². The Hall–Kier alpha value is -1.29. The third-order valence-electron chi connectivity index (χ3n) is 2.37.